The molecule has 0 fully saturated rings. The van der Waals surface area contributed by atoms with Gasteiger partial charge in [-0.1, -0.05) is 133 Å². The number of hydrogen-bond donors (Lipinski definition) is 0. The summed E-state index contributed by atoms with van der Waals surface area (Å²) in [4.78, 5) is 4.68. The van der Waals surface area contributed by atoms with Crippen LogP contribution in [0.15, 0.2) is 180 Å². The Kier molecular flexibility index (Phi) is 8.53. The summed E-state index contributed by atoms with van der Waals surface area (Å²) in [6.07, 6.45) is 14.9. The van der Waals surface area contributed by atoms with Crippen molar-refractivity contribution in [3.05, 3.63) is 186 Å². The summed E-state index contributed by atoms with van der Waals surface area (Å²) in [5.74, 6) is 1.40. The van der Waals surface area contributed by atoms with Gasteiger partial charge in [-0.15, -0.1) is 0 Å². The molecule has 3 aliphatic rings. The molecule has 288 valence electrons. The van der Waals surface area contributed by atoms with Crippen molar-refractivity contribution in [1.82, 2.24) is 0 Å². The van der Waals surface area contributed by atoms with Gasteiger partial charge in [0.25, 0.3) is 0 Å². The molecule has 4 nitrogen and oxygen atoms in total. The molecule has 3 unspecified atom stereocenters. The Bertz CT molecular complexity index is 2810. The van der Waals surface area contributed by atoms with Crippen LogP contribution in [0.3, 0.4) is 0 Å². The lowest BCUT2D eigenvalue weighted by Gasteiger charge is -2.34. The Hall–Kier alpha value is -6.26. The van der Waals surface area contributed by atoms with Crippen LogP contribution in [0.5, 0.6) is 5.75 Å². The molecule has 0 N–H and O–H groups in total. The molecular weight excluding hydrogens is 709 g/mol. The maximum absolute atomic E-state index is 7.09. The lowest BCUT2D eigenvalue weighted by atomic mass is 9.77. The topological polar surface area (TPSA) is 28.9 Å². The first-order valence-electron chi connectivity index (χ1n) is 20.7. The second-order valence-corrected chi connectivity index (χ2v) is 18.2. The summed E-state index contributed by atoms with van der Waals surface area (Å²) in [6, 6.07) is 45.6. The molecule has 2 aliphatic carbocycles. The zero-order valence-corrected chi connectivity index (χ0v) is 34.2. The summed E-state index contributed by atoms with van der Waals surface area (Å²) in [6.45, 7) is 13.7. The highest BCUT2D eigenvalue weighted by Gasteiger charge is 2.39. The van der Waals surface area contributed by atoms with E-state index in [1.165, 1.54) is 27.6 Å². The van der Waals surface area contributed by atoms with Gasteiger partial charge in [0.05, 0.1) is 0 Å². The van der Waals surface area contributed by atoms with E-state index in [1.54, 1.807) is 0 Å². The second kappa shape index (κ2) is 13.7. The molecule has 0 radical (unpaired) electrons. The van der Waals surface area contributed by atoms with Crippen molar-refractivity contribution < 1.29 is 9.15 Å². The fourth-order valence-electron chi connectivity index (χ4n) is 9.15. The van der Waals surface area contributed by atoms with Gasteiger partial charge >= 0.3 is 0 Å². The van der Waals surface area contributed by atoms with Gasteiger partial charge in [-0.25, -0.2) is 0 Å². The van der Waals surface area contributed by atoms with Crippen LogP contribution >= 0.6 is 0 Å². The van der Waals surface area contributed by atoms with Crippen LogP contribution in [0.2, 0.25) is 0 Å². The van der Waals surface area contributed by atoms with Gasteiger partial charge in [-0.3, -0.25) is 0 Å². The minimum atomic E-state index is -0.181. The number of furan rings is 1. The molecule has 3 atom stereocenters. The minimum absolute atomic E-state index is 0.0558. The zero-order valence-electron chi connectivity index (χ0n) is 34.2. The Labute approximate surface area is 342 Å². The third-order valence-corrected chi connectivity index (χ3v) is 12.3. The molecule has 0 saturated carbocycles. The monoisotopic (exact) mass is 758 g/mol. The van der Waals surface area contributed by atoms with Crippen LogP contribution in [0.25, 0.3) is 32.7 Å². The first-order chi connectivity index (χ1) is 28.0. The van der Waals surface area contributed by atoms with E-state index < -0.39 is 0 Å². The summed E-state index contributed by atoms with van der Waals surface area (Å²) >= 11 is 0. The summed E-state index contributed by atoms with van der Waals surface area (Å²) < 4.78 is 14.1. The number of ether oxygens (including phenoxy) is 1. The summed E-state index contributed by atoms with van der Waals surface area (Å²) in [7, 11) is 0. The van der Waals surface area contributed by atoms with Crippen molar-refractivity contribution in [2.24, 2.45) is 11.3 Å². The SMILES string of the molecule is CC(C)(C)c1ccc(N(c2ccccc2)c2ccc3c(c2)oc2c4c(c5ccccc5c23)C2C=CC(N(C3=CCC(C(C)(C)C)C=C3)c3ccccc3)=CC2O4)cc1. The van der Waals surface area contributed by atoms with Gasteiger partial charge in [0.15, 0.2) is 11.3 Å². The number of anilines is 4. The maximum Gasteiger partial charge on any atom is 0.178 e. The van der Waals surface area contributed by atoms with Crippen molar-refractivity contribution in [1.29, 1.82) is 0 Å². The van der Waals surface area contributed by atoms with Crippen LogP contribution in [-0.4, -0.2) is 6.10 Å². The van der Waals surface area contributed by atoms with E-state index in [4.69, 9.17) is 9.15 Å². The lowest BCUT2D eigenvalue weighted by molar-refractivity contribution is 0.267. The number of hydrogen-bond acceptors (Lipinski definition) is 4. The number of fused-ring (bicyclic) bond motifs is 10. The van der Waals surface area contributed by atoms with E-state index in [0.717, 1.165) is 62.6 Å². The molecule has 6 aromatic carbocycles. The molecule has 4 heteroatoms. The van der Waals surface area contributed by atoms with Crippen molar-refractivity contribution in [2.75, 3.05) is 9.80 Å². The van der Waals surface area contributed by atoms with Crippen LogP contribution in [0, 0.1) is 11.3 Å². The minimum Gasteiger partial charge on any atom is -0.481 e. The summed E-state index contributed by atoms with van der Waals surface area (Å²) in [5.41, 5.74) is 11.1. The number of para-hydroxylation sites is 2. The van der Waals surface area contributed by atoms with Gasteiger partial charge < -0.3 is 19.0 Å². The first kappa shape index (κ1) is 36.1. The lowest BCUT2D eigenvalue weighted by Crippen LogP contribution is -2.28. The third-order valence-electron chi connectivity index (χ3n) is 12.3. The fourth-order valence-corrected chi connectivity index (χ4v) is 9.15. The van der Waals surface area contributed by atoms with E-state index in [1.807, 2.05) is 0 Å². The molecule has 1 aromatic heterocycles. The quantitative estimate of drug-likeness (QED) is 0.169. The van der Waals surface area contributed by atoms with Crippen molar-refractivity contribution in [2.45, 2.75) is 65.4 Å². The number of allylic oxidation sites excluding steroid dienone is 4. The first-order valence-corrected chi connectivity index (χ1v) is 20.7. The van der Waals surface area contributed by atoms with Crippen molar-refractivity contribution >= 4 is 55.5 Å². The fraction of sp³-hybridized carbons (Fsp3) is 0.222. The highest BCUT2D eigenvalue weighted by molar-refractivity contribution is 6.22. The van der Waals surface area contributed by atoms with Crippen LogP contribution in [0.4, 0.5) is 22.7 Å². The largest absolute Gasteiger partial charge is 0.481 e. The van der Waals surface area contributed by atoms with E-state index in [2.05, 4.69) is 215 Å². The Morgan fingerprint density at radius 3 is 1.86 bits per heavy atom. The number of nitrogens with zero attached hydrogens (tertiary/aromatic N) is 2. The van der Waals surface area contributed by atoms with E-state index >= 15 is 0 Å². The molecular formula is C54H50N2O2. The van der Waals surface area contributed by atoms with Gasteiger partial charge in [0, 0.05) is 62.5 Å². The van der Waals surface area contributed by atoms with Gasteiger partial charge in [0.2, 0.25) is 0 Å². The normalized spacial score (nSPS) is 18.8. The van der Waals surface area contributed by atoms with Crippen LogP contribution in [-0.2, 0) is 5.41 Å². The van der Waals surface area contributed by atoms with Crippen molar-refractivity contribution in [3.8, 4) is 5.75 Å². The molecule has 1 aliphatic heterocycles. The second-order valence-electron chi connectivity index (χ2n) is 18.2. The Balaban J connectivity index is 1.07. The summed E-state index contributed by atoms with van der Waals surface area (Å²) in [5, 5.41) is 4.57. The van der Waals surface area contributed by atoms with E-state index in [9.17, 15) is 0 Å². The Morgan fingerprint density at radius 1 is 0.586 bits per heavy atom. The molecule has 0 bridgehead atoms. The van der Waals surface area contributed by atoms with E-state index in [0.29, 0.717) is 5.92 Å². The molecule has 0 spiro atoms. The molecule has 10 rings (SSSR count). The van der Waals surface area contributed by atoms with Gasteiger partial charge in [-0.05, 0) is 106 Å². The zero-order chi connectivity index (χ0) is 39.8. The Morgan fingerprint density at radius 2 is 1.21 bits per heavy atom. The van der Waals surface area contributed by atoms with Crippen LogP contribution < -0.4 is 14.5 Å². The number of benzene rings is 6. The maximum atomic E-state index is 7.09. The predicted molar refractivity (Wildman–Crippen MR) is 243 cm³/mol. The number of rotatable bonds is 6. The smallest absolute Gasteiger partial charge is 0.178 e. The molecule has 0 amide bonds. The van der Waals surface area contributed by atoms with Gasteiger partial charge in [0.1, 0.15) is 11.7 Å². The average molecular weight is 759 g/mol. The average Bonchev–Trinajstić information content (AvgIpc) is 3.81. The van der Waals surface area contributed by atoms with E-state index in [-0.39, 0.29) is 22.9 Å². The van der Waals surface area contributed by atoms with Crippen LogP contribution in [0.1, 0.15) is 65.0 Å². The standard InChI is InChI=1S/C54H50N2O2/c1-53(2,3)35-21-25-39(26-22-35)55(37-15-9-7-10-16-37)41-29-31-45-47(33-41)57-51-49(45)43-19-13-14-20-44(43)50-46-32-30-42(34-48(46)58-52(50)51)56(38-17-11-8-12-18-38)40-27-23-36(24-28-40)54(4,5)6/h7-23,25-34,36,46,48H,24H2,1-6H3. The predicted octanol–water partition coefficient (Wildman–Crippen LogP) is 14.8. The molecule has 58 heavy (non-hydrogen) atoms. The molecule has 7 aromatic rings. The highest BCUT2D eigenvalue weighted by Crippen LogP contribution is 2.53. The molecule has 2 heterocycles. The molecule has 0 saturated heterocycles. The third kappa shape index (κ3) is 6.14. The van der Waals surface area contributed by atoms with Gasteiger partial charge in [-0.2, -0.15) is 0 Å². The van der Waals surface area contributed by atoms with Crippen molar-refractivity contribution in [3.63, 3.8) is 0 Å². The highest BCUT2D eigenvalue weighted by atomic mass is 16.5.